The Bertz CT molecular complexity index is 393. The number of nitriles is 1. The number of anilines is 1. The Labute approximate surface area is 101 Å². The molecule has 0 aliphatic rings. The first-order chi connectivity index (χ1) is 8.26. The Balaban J connectivity index is 2.41. The Kier molecular flexibility index (Phi) is 5.76. The minimum Gasteiger partial charge on any atom is -0.385 e. The van der Waals surface area contributed by atoms with Crippen LogP contribution in [0.4, 0.5) is 5.69 Å². The molecule has 1 amide bonds. The molecule has 0 radical (unpaired) electrons. The number of rotatable bonds is 6. The average molecular weight is 232 g/mol. The molecule has 1 N–H and O–H groups in total. The first-order valence-electron chi connectivity index (χ1n) is 5.51. The highest BCUT2D eigenvalue weighted by Gasteiger charge is 2.01. The molecule has 0 saturated carbocycles. The summed E-state index contributed by atoms with van der Waals surface area (Å²) in [5.41, 5.74) is 1.71. The molecular formula is C13H16N2O2. The van der Waals surface area contributed by atoms with Gasteiger partial charge in [-0.3, -0.25) is 4.79 Å². The highest BCUT2D eigenvalue weighted by Crippen LogP contribution is 2.10. The van der Waals surface area contributed by atoms with Crippen LogP contribution in [0.15, 0.2) is 24.3 Å². The third kappa shape index (κ3) is 5.14. The van der Waals surface area contributed by atoms with Gasteiger partial charge in [0, 0.05) is 25.8 Å². The maximum Gasteiger partial charge on any atom is 0.224 e. The second kappa shape index (κ2) is 7.42. The lowest BCUT2D eigenvalue weighted by Gasteiger charge is -2.05. The summed E-state index contributed by atoms with van der Waals surface area (Å²) in [7, 11) is 1.62. The average Bonchev–Trinajstić information content (AvgIpc) is 2.32. The number of ether oxygens (including phenoxy) is 1. The van der Waals surface area contributed by atoms with Crippen molar-refractivity contribution in [3.63, 3.8) is 0 Å². The fourth-order valence-electron chi connectivity index (χ4n) is 1.40. The van der Waals surface area contributed by atoms with Crippen molar-refractivity contribution in [2.24, 2.45) is 0 Å². The van der Waals surface area contributed by atoms with E-state index in [1.807, 2.05) is 12.1 Å². The van der Waals surface area contributed by atoms with Crippen LogP contribution in [-0.4, -0.2) is 19.6 Å². The molecule has 4 heteroatoms. The summed E-state index contributed by atoms with van der Waals surface area (Å²) in [5, 5.41) is 11.3. The van der Waals surface area contributed by atoms with Gasteiger partial charge < -0.3 is 10.1 Å². The van der Waals surface area contributed by atoms with E-state index < -0.39 is 0 Å². The smallest absolute Gasteiger partial charge is 0.224 e. The molecule has 0 unspecified atom stereocenters. The van der Waals surface area contributed by atoms with Gasteiger partial charge in [-0.05, 0) is 24.1 Å². The van der Waals surface area contributed by atoms with E-state index in [1.165, 1.54) is 0 Å². The lowest BCUT2D eigenvalue weighted by molar-refractivity contribution is -0.116. The third-order valence-electron chi connectivity index (χ3n) is 2.27. The normalized spacial score (nSPS) is 9.65. The topological polar surface area (TPSA) is 62.1 Å². The van der Waals surface area contributed by atoms with Crippen molar-refractivity contribution < 1.29 is 9.53 Å². The molecule has 1 rings (SSSR count). The van der Waals surface area contributed by atoms with E-state index in [2.05, 4.69) is 11.4 Å². The monoisotopic (exact) mass is 232 g/mol. The number of nitrogens with one attached hydrogen (secondary N) is 1. The summed E-state index contributed by atoms with van der Waals surface area (Å²) in [4.78, 5) is 11.5. The molecule has 4 nitrogen and oxygen atoms in total. The Morgan fingerprint density at radius 2 is 2.12 bits per heavy atom. The van der Waals surface area contributed by atoms with Gasteiger partial charge in [0.15, 0.2) is 0 Å². The van der Waals surface area contributed by atoms with Crippen LogP contribution in [0.3, 0.4) is 0 Å². The van der Waals surface area contributed by atoms with E-state index in [4.69, 9.17) is 10.00 Å². The zero-order valence-electron chi connectivity index (χ0n) is 9.90. The standard InChI is InChI=1S/C13H16N2O2/c1-17-10-2-3-13(16)15-12-6-4-11(5-7-12)8-9-14/h4-7H,2-3,8,10H2,1H3,(H,15,16). The maximum atomic E-state index is 11.5. The molecule has 0 fully saturated rings. The molecule has 1 aromatic carbocycles. The lowest BCUT2D eigenvalue weighted by Crippen LogP contribution is -2.11. The molecule has 0 atom stereocenters. The number of amides is 1. The van der Waals surface area contributed by atoms with Crippen LogP contribution in [0.5, 0.6) is 0 Å². The summed E-state index contributed by atoms with van der Waals surface area (Å²) >= 11 is 0. The maximum absolute atomic E-state index is 11.5. The van der Waals surface area contributed by atoms with Crippen molar-refractivity contribution in [3.8, 4) is 6.07 Å². The van der Waals surface area contributed by atoms with Crippen LogP contribution in [0, 0.1) is 11.3 Å². The van der Waals surface area contributed by atoms with Gasteiger partial charge in [0.2, 0.25) is 5.91 Å². The molecule has 0 aliphatic heterocycles. The van der Waals surface area contributed by atoms with Gasteiger partial charge in [0.1, 0.15) is 0 Å². The fraction of sp³-hybridized carbons (Fsp3) is 0.385. The number of hydrogen-bond acceptors (Lipinski definition) is 3. The van der Waals surface area contributed by atoms with Crippen LogP contribution >= 0.6 is 0 Å². The molecule has 0 aromatic heterocycles. The van der Waals surface area contributed by atoms with Gasteiger partial charge in [0.05, 0.1) is 12.5 Å². The zero-order valence-corrected chi connectivity index (χ0v) is 9.90. The largest absolute Gasteiger partial charge is 0.385 e. The van der Waals surface area contributed by atoms with Crippen LogP contribution < -0.4 is 5.32 Å². The minimum atomic E-state index is -0.0184. The van der Waals surface area contributed by atoms with Crippen molar-refractivity contribution in [1.82, 2.24) is 0 Å². The minimum absolute atomic E-state index is 0.0184. The predicted molar refractivity (Wildman–Crippen MR) is 65.5 cm³/mol. The highest BCUT2D eigenvalue weighted by molar-refractivity contribution is 5.90. The molecule has 1 aromatic rings. The number of benzene rings is 1. The number of nitrogens with zero attached hydrogens (tertiary/aromatic N) is 1. The first-order valence-corrected chi connectivity index (χ1v) is 5.51. The van der Waals surface area contributed by atoms with E-state index in [-0.39, 0.29) is 5.91 Å². The molecule has 90 valence electrons. The van der Waals surface area contributed by atoms with Gasteiger partial charge in [0.25, 0.3) is 0 Å². The number of hydrogen-bond donors (Lipinski definition) is 1. The van der Waals surface area contributed by atoms with Crippen LogP contribution in [0.25, 0.3) is 0 Å². The van der Waals surface area contributed by atoms with E-state index in [9.17, 15) is 4.79 Å². The van der Waals surface area contributed by atoms with Crippen molar-refractivity contribution >= 4 is 11.6 Å². The second-order valence-corrected chi connectivity index (χ2v) is 3.68. The van der Waals surface area contributed by atoms with Gasteiger partial charge in [-0.1, -0.05) is 12.1 Å². The molecule has 17 heavy (non-hydrogen) atoms. The van der Waals surface area contributed by atoms with Crippen molar-refractivity contribution in [2.45, 2.75) is 19.3 Å². The van der Waals surface area contributed by atoms with Crippen LogP contribution in [-0.2, 0) is 16.0 Å². The number of carbonyl (C=O) groups excluding carboxylic acids is 1. The van der Waals surface area contributed by atoms with E-state index in [1.54, 1.807) is 19.2 Å². The molecule has 0 saturated heterocycles. The lowest BCUT2D eigenvalue weighted by atomic mass is 10.1. The highest BCUT2D eigenvalue weighted by atomic mass is 16.5. The summed E-state index contributed by atoms with van der Waals surface area (Å²) < 4.78 is 4.87. The van der Waals surface area contributed by atoms with Crippen LogP contribution in [0.1, 0.15) is 18.4 Å². The van der Waals surface area contributed by atoms with E-state index in [0.717, 1.165) is 17.7 Å². The number of carbonyl (C=O) groups is 1. The molecule has 0 aliphatic carbocycles. The molecule has 0 bridgehead atoms. The molecule has 0 heterocycles. The van der Waals surface area contributed by atoms with Crippen molar-refractivity contribution in [3.05, 3.63) is 29.8 Å². The zero-order chi connectivity index (χ0) is 12.5. The van der Waals surface area contributed by atoms with E-state index in [0.29, 0.717) is 19.4 Å². The Hall–Kier alpha value is -1.86. The second-order valence-electron chi connectivity index (χ2n) is 3.68. The van der Waals surface area contributed by atoms with E-state index >= 15 is 0 Å². The van der Waals surface area contributed by atoms with Gasteiger partial charge >= 0.3 is 0 Å². The van der Waals surface area contributed by atoms with Gasteiger partial charge in [-0.25, -0.2) is 0 Å². The quantitative estimate of drug-likeness (QED) is 0.764. The third-order valence-corrected chi connectivity index (χ3v) is 2.27. The van der Waals surface area contributed by atoms with Gasteiger partial charge in [-0.2, -0.15) is 5.26 Å². The van der Waals surface area contributed by atoms with Crippen molar-refractivity contribution in [2.75, 3.05) is 19.0 Å². The molecule has 0 spiro atoms. The summed E-state index contributed by atoms with van der Waals surface area (Å²) in [6, 6.07) is 9.37. The SMILES string of the molecule is COCCCC(=O)Nc1ccc(CC#N)cc1. The number of methoxy groups -OCH3 is 1. The summed E-state index contributed by atoms with van der Waals surface area (Å²) in [6.45, 7) is 0.592. The Morgan fingerprint density at radius 3 is 2.71 bits per heavy atom. The fourth-order valence-corrected chi connectivity index (χ4v) is 1.40. The van der Waals surface area contributed by atoms with Crippen molar-refractivity contribution in [1.29, 1.82) is 5.26 Å². The van der Waals surface area contributed by atoms with Gasteiger partial charge in [-0.15, -0.1) is 0 Å². The summed E-state index contributed by atoms with van der Waals surface area (Å²) in [6.07, 6.45) is 1.56. The van der Waals surface area contributed by atoms with Crippen LogP contribution in [0.2, 0.25) is 0 Å². The molecular weight excluding hydrogens is 216 g/mol. The predicted octanol–water partition coefficient (Wildman–Crippen LogP) is 2.12. The summed E-state index contributed by atoms with van der Waals surface area (Å²) in [5.74, 6) is -0.0184. The first kappa shape index (κ1) is 13.2. The Morgan fingerprint density at radius 1 is 1.41 bits per heavy atom.